The standard InChI is InChI=1S/C16H21N3O/c1-12-15(16(17)20)13-6-2-3-7-14(13)19(12)11-10-18-8-4-5-9-18/h2-3,6-7H,4-5,8-11H2,1H3,(H2,17,20). The fourth-order valence-corrected chi connectivity index (χ4v) is 3.28. The second-order valence-corrected chi connectivity index (χ2v) is 5.54. The molecule has 1 saturated heterocycles. The summed E-state index contributed by atoms with van der Waals surface area (Å²) in [5, 5.41) is 0.971. The van der Waals surface area contributed by atoms with Crippen molar-refractivity contribution < 1.29 is 4.79 Å². The van der Waals surface area contributed by atoms with E-state index in [0.717, 1.165) is 29.7 Å². The zero-order chi connectivity index (χ0) is 14.1. The molecule has 1 amide bonds. The molecule has 1 aliphatic heterocycles. The van der Waals surface area contributed by atoms with Gasteiger partial charge in [0, 0.05) is 29.7 Å². The molecule has 0 aliphatic carbocycles. The lowest BCUT2D eigenvalue weighted by atomic mass is 10.1. The SMILES string of the molecule is Cc1c(C(N)=O)c2ccccc2n1CCN1CCCC1. The highest BCUT2D eigenvalue weighted by Crippen LogP contribution is 2.25. The first kappa shape index (κ1) is 13.2. The quantitative estimate of drug-likeness (QED) is 0.926. The van der Waals surface area contributed by atoms with Crippen molar-refractivity contribution in [2.45, 2.75) is 26.3 Å². The zero-order valence-electron chi connectivity index (χ0n) is 11.9. The van der Waals surface area contributed by atoms with E-state index < -0.39 is 0 Å². The van der Waals surface area contributed by atoms with Crippen LogP contribution in [-0.4, -0.2) is 35.0 Å². The molecule has 0 bridgehead atoms. The van der Waals surface area contributed by atoms with Gasteiger partial charge in [0.2, 0.25) is 0 Å². The molecule has 20 heavy (non-hydrogen) atoms. The number of benzene rings is 1. The van der Waals surface area contributed by atoms with E-state index in [4.69, 9.17) is 5.73 Å². The van der Waals surface area contributed by atoms with E-state index >= 15 is 0 Å². The minimum absolute atomic E-state index is 0.335. The van der Waals surface area contributed by atoms with Gasteiger partial charge >= 0.3 is 0 Å². The first-order chi connectivity index (χ1) is 9.68. The fraction of sp³-hybridized carbons (Fsp3) is 0.438. The molecule has 106 valence electrons. The number of carbonyl (C=O) groups excluding carboxylic acids is 1. The Balaban J connectivity index is 1.96. The van der Waals surface area contributed by atoms with Crippen LogP contribution in [0.4, 0.5) is 0 Å². The summed E-state index contributed by atoms with van der Waals surface area (Å²) < 4.78 is 2.23. The summed E-state index contributed by atoms with van der Waals surface area (Å²) in [4.78, 5) is 14.2. The molecule has 2 N–H and O–H groups in total. The lowest BCUT2D eigenvalue weighted by Gasteiger charge is -2.16. The Morgan fingerprint density at radius 3 is 2.60 bits per heavy atom. The lowest BCUT2D eigenvalue weighted by Crippen LogP contribution is -2.24. The van der Waals surface area contributed by atoms with Crippen LogP contribution in [0.25, 0.3) is 10.9 Å². The number of para-hydroxylation sites is 1. The van der Waals surface area contributed by atoms with Gasteiger partial charge in [-0.2, -0.15) is 0 Å². The fourth-order valence-electron chi connectivity index (χ4n) is 3.28. The van der Waals surface area contributed by atoms with Gasteiger partial charge in [0.15, 0.2) is 0 Å². The molecule has 2 aromatic rings. The van der Waals surface area contributed by atoms with Gasteiger partial charge in [-0.3, -0.25) is 4.79 Å². The Labute approximate surface area is 119 Å². The maximum absolute atomic E-state index is 11.7. The number of likely N-dealkylation sites (tertiary alicyclic amines) is 1. The zero-order valence-corrected chi connectivity index (χ0v) is 11.9. The third-order valence-electron chi connectivity index (χ3n) is 4.32. The molecule has 4 nitrogen and oxygen atoms in total. The smallest absolute Gasteiger partial charge is 0.251 e. The largest absolute Gasteiger partial charge is 0.366 e. The van der Waals surface area contributed by atoms with Gasteiger partial charge in [-0.1, -0.05) is 18.2 Å². The number of hydrogen-bond donors (Lipinski definition) is 1. The molecule has 0 saturated carbocycles. The Morgan fingerprint density at radius 2 is 1.90 bits per heavy atom. The van der Waals surface area contributed by atoms with E-state index in [1.54, 1.807) is 0 Å². The molecule has 3 rings (SSSR count). The van der Waals surface area contributed by atoms with Crippen molar-refractivity contribution in [1.82, 2.24) is 9.47 Å². The van der Waals surface area contributed by atoms with Crippen LogP contribution in [0.2, 0.25) is 0 Å². The van der Waals surface area contributed by atoms with Crippen molar-refractivity contribution >= 4 is 16.8 Å². The average Bonchev–Trinajstić information content (AvgIpc) is 3.01. The number of primary amides is 1. The molecule has 2 heterocycles. The van der Waals surface area contributed by atoms with Crippen LogP contribution >= 0.6 is 0 Å². The highest BCUT2D eigenvalue weighted by Gasteiger charge is 2.18. The summed E-state index contributed by atoms with van der Waals surface area (Å²) in [6, 6.07) is 8.02. The maximum atomic E-state index is 11.7. The highest BCUT2D eigenvalue weighted by atomic mass is 16.1. The molecule has 4 heteroatoms. The molecule has 1 fully saturated rings. The van der Waals surface area contributed by atoms with Gasteiger partial charge < -0.3 is 15.2 Å². The van der Waals surface area contributed by atoms with E-state index in [1.165, 1.54) is 25.9 Å². The average molecular weight is 271 g/mol. The number of hydrogen-bond acceptors (Lipinski definition) is 2. The normalized spacial score (nSPS) is 16.1. The second-order valence-electron chi connectivity index (χ2n) is 5.54. The molecule has 1 aromatic carbocycles. The maximum Gasteiger partial charge on any atom is 0.251 e. The van der Waals surface area contributed by atoms with Crippen LogP contribution in [0, 0.1) is 6.92 Å². The summed E-state index contributed by atoms with van der Waals surface area (Å²) in [5.41, 5.74) is 8.31. The van der Waals surface area contributed by atoms with Crippen molar-refractivity contribution in [2.75, 3.05) is 19.6 Å². The summed E-state index contributed by atoms with van der Waals surface area (Å²) in [5.74, 6) is -0.335. The van der Waals surface area contributed by atoms with E-state index in [-0.39, 0.29) is 5.91 Å². The topological polar surface area (TPSA) is 51.3 Å². The lowest BCUT2D eigenvalue weighted by molar-refractivity contribution is 0.100. The third-order valence-corrected chi connectivity index (χ3v) is 4.32. The predicted octanol–water partition coefficient (Wildman–Crippen LogP) is 2.14. The second kappa shape index (κ2) is 5.29. The summed E-state index contributed by atoms with van der Waals surface area (Å²) in [7, 11) is 0. The van der Waals surface area contributed by atoms with Crippen LogP contribution in [0.3, 0.4) is 0 Å². The predicted molar refractivity (Wildman–Crippen MR) is 80.9 cm³/mol. The van der Waals surface area contributed by atoms with Crippen molar-refractivity contribution in [3.8, 4) is 0 Å². The van der Waals surface area contributed by atoms with Gasteiger partial charge in [0.25, 0.3) is 5.91 Å². The minimum Gasteiger partial charge on any atom is -0.366 e. The number of aromatic nitrogens is 1. The summed E-state index contributed by atoms with van der Waals surface area (Å²) >= 11 is 0. The number of nitrogens with zero attached hydrogens (tertiary/aromatic N) is 2. The van der Waals surface area contributed by atoms with Crippen molar-refractivity contribution in [3.63, 3.8) is 0 Å². The molecule has 0 atom stereocenters. The van der Waals surface area contributed by atoms with Crippen LogP contribution in [0.1, 0.15) is 28.9 Å². The molecule has 0 radical (unpaired) electrons. The molecule has 0 spiro atoms. The number of nitrogens with two attached hydrogens (primary N) is 1. The Morgan fingerprint density at radius 1 is 1.20 bits per heavy atom. The minimum atomic E-state index is -0.335. The van der Waals surface area contributed by atoms with Crippen molar-refractivity contribution in [2.24, 2.45) is 5.73 Å². The molecule has 1 aliphatic rings. The first-order valence-corrected chi connectivity index (χ1v) is 7.28. The van der Waals surface area contributed by atoms with Gasteiger partial charge in [-0.15, -0.1) is 0 Å². The Kier molecular flexibility index (Phi) is 3.49. The molecule has 1 aromatic heterocycles. The van der Waals surface area contributed by atoms with Gasteiger partial charge in [0.05, 0.1) is 5.56 Å². The highest BCUT2D eigenvalue weighted by molar-refractivity contribution is 6.07. The summed E-state index contributed by atoms with van der Waals surface area (Å²) in [6.07, 6.45) is 2.61. The molecule has 0 unspecified atom stereocenters. The van der Waals surface area contributed by atoms with Crippen LogP contribution in [0.5, 0.6) is 0 Å². The molecular weight excluding hydrogens is 250 g/mol. The Hall–Kier alpha value is -1.81. The van der Waals surface area contributed by atoms with Crippen LogP contribution < -0.4 is 5.73 Å². The number of fused-ring (bicyclic) bond motifs is 1. The third kappa shape index (κ3) is 2.20. The molecular formula is C16H21N3O. The van der Waals surface area contributed by atoms with Crippen molar-refractivity contribution in [3.05, 3.63) is 35.5 Å². The van der Waals surface area contributed by atoms with Crippen LogP contribution in [-0.2, 0) is 6.54 Å². The van der Waals surface area contributed by atoms with E-state index in [9.17, 15) is 4.79 Å². The van der Waals surface area contributed by atoms with E-state index in [0.29, 0.717) is 5.56 Å². The van der Waals surface area contributed by atoms with Crippen molar-refractivity contribution in [1.29, 1.82) is 0 Å². The van der Waals surface area contributed by atoms with E-state index in [2.05, 4.69) is 15.5 Å². The number of carbonyl (C=O) groups is 1. The van der Waals surface area contributed by atoms with Gasteiger partial charge in [0.1, 0.15) is 0 Å². The number of rotatable bonds is 4. The van der Waals surface area contributed by atoms with E-state index in [1.807, 2.05) is 25.1 Å². The van der Waals surface area contributed by atoms with Gasteiger partial charge in [-0.25, -0.2) is 0 Å². The Bertz CT molecular complexity index is 638. The summed E-state index contributed by atoms with van der Waals surface area (Å²) in [6.45, 7) is 6.34. The number of amides is 1. The van der Waals surface area contributed by atoms with Gasteiger partial charge in [-0.05, 0) is 38.9 Å². The van der Waals surface area contributed by atoms with Crippen LogP contribution in [0.15, 0.2) is 24.3 Å². The monoisotopic (exact) mass is 271 g/mol. The first-order valence-electron chi connectivity index (χ1n) is 7.28.